The van der Waals surface area contributed by atoms with Gasteiger partial charge in [0.15, 0.2) is 5.96 Å². The summed E-state index contributed by atoms with van der Waals surface area (Å²) in [5.74, 6) is 1.86. The van der Waals surface area contributed by atoms with E-state index in [9.17, 15) is 0 Å². The lowest BCUT2D eigenvalue weighted by Gasteiger charge is -2.21. The monoisotopic (exact) mass is 538 g/mol. The number of halogens is 1. The van der Waals surface area contributed by atoms with E-state index >= 15 is 0 Å². The highest BCUT2D eigenvalue weighted by Crippen LogP contribution is 2.10. The van der Waals surface area contributed by atoms with Crippen LogP contribution in [0.2, 0.25) is 0 Å². The molecule has 30 heavy (non-hydrogen) atoms. The van der Waals surface area contributed by atoms with Gasteiger partial charge in [-0.1, -0.05) is 30.3 Å². The minimum atomic E-state index is 0. The first-order valence-electron chi connectivity index (χ1n) is 10.1. The van der Waals surface area contributed by atoms with Crippen LogP contribution in [-0.2, 0) is 26.1 Å². The number of rotatable bonds is 9. The molecule has 0 aliphatic rings. The highest BCUT2D eigenvalue weighted by Gasteiger charge is 2.10. The van der Waals surface area contributed by atoms with Gasteiger partial charge in [-0.05, 0) is 32.3 Å². The van der Waals surface area contributed by atoms with E-state index in [1.54, 1.807) is 11.3 Å². The molecule has 1 aromatic carbocycles. The van der Waals surface area contributed by atoms with Crippen molar-refractivity contribution in [2.24, 2.45) is 4.99 Å². The summed E-state index contributed by atoms with van der Waals surface area (Å²) in [4.78, 5) is 16.0. The fourth-order valence-electron chi connectivity index (χ4n) is 3.21. The SMILES string of the molecule is CCNC(=NCc1nccn1CCCc1ccccc1)N(C)Cc1csc(C)n1.I. The Morgan fingerprint density at radius 3 is 2.77 bits per heavy atom. The average molecular weight is 539 g/mol. The summed E-state index contributed by atoms with van der Waals surface area (Å²) in [6.45, 7) is 7.18. The van der Waals surface area contributed by atoms with E-state index in [-0.39, 0.29) is 24.0 Å². The van der Waals surface area contributed by atoms with Gasteiger partial charge in [-0.2, -0.15) is 0 Å². The van der Waals surface area contributed by atoms with Crippen LogP contribution in [0.5, 0.6) is 0 Å². The van der Waals surface area contributed by atoms with E-state index in [1.165, 1.54) is 5.56 Å². The Labute approximate surface area is 200 Å². The van der Waals surface area contributed by atoms with Gasteiger partial charge in [0.1, 0.15) is 12.4 Å². The summed E-state index contributed by atoms with van der Waals surface area (Å²) in [7, 11) is 2.04. The van der Waals surface area contributed by atoms with Gasteiger partial charge in [0.25, 0.3) is 0 Å². The molecule has 0 bridgehead atoms. The van der Waals surface area contributed by atoms with E-state index in [4.69, 9.17) is 4.99 Å². The van der Waals surface area contributed by atoms with Crippen LogP contribution in [0.1, 0.15) is 35.4 Å². The lowest BCUT2D eigenvalue weighted by Crippen LogP contribution is -2.38. The Bertz CT molecular complexity index is 905. The number of hydrogen-bond acceptors (Lipinski definition) is 4. The predicted molar refractivity (Wildman–Crippen MR) is 136 cm³/mol. The third-order valence-electron chi connectivity index (χ3n) is 4.64. The molecule has 6 nitrogen and oxygen atoms in total. The van der Waals surface area contributed by atoms with Crippen molar-refractivity contribution in [2.45, 2.75) is 46.3 Å². The topological polar surface area (TPSA) is 58.3 Å². The number of nitrogens with zero attached hydrogens (tertiary/aromatic N) is 5. The van der Waals surface area contributed by atoms with Crippen molar-refractivity contribution in [1.29, 1.82) is 0 Å². The van der Waals surface area contributed by atoms with Gasteiger partial charge in [-0.3, -0.25) is 0 Å². The first kappa shape index (κ1) is 24.3. The van der Waals surface area contributed by atoms with Crippen LogP contribution in [0.4, 0.5) is 0 Å². The summed E-state index contributed by atoms with van der Waals surface area (Å²) in [5, 5.41) is 6.57. The van der Waals surface area contributed by atoms with Crippen molar-refractivity contribution in [2.75, 3.05) is 13.6 Å². The number of thiazole rings is 1. The number of imidazole rings is 1. The molecule has 2 aromatic heterocycles. The van der Waals surface area contributed by atoms with Gasteiger partial charge in [0, 0.05) is 37.9 Å². The maximum absolute atomic E-state index is 4.81. The lowest BCUT2D eigenvalue weighted by molar-refractivity contribution is 0.469. The number of aromatic nitrogens is 3. The van der Waals surface area contributed by atoms with Gasteiger partial charge < -0.3 is 14.8 Å². The van der Waals surface area contributed by atoms with Crippen LogP contribution < -0.4 is 5.32 Å². The van der Waals surface area contributed by atoms with Crippen LogP contribution >= 0.6 is 35.3 Å². The largest absolute Gasteiger partial charge is 0.357 e. The van der Waals surface area contributed by atoms with E-state index in [1.807, 2.05) is 26.4 Å². The number of guanidine groups is 1. The first-order valence-corrected chi connectivity index (χ1v) is 11.0. The highest BCUT2D eigenvalue weighted by atomic mass is 127. The standard InChI is InChI=1S/C22H30N6S.HI/c1-4-23-22(27(3)16-20-17-29-18(2)26-20)25-15-21-24-12-14-28(21)13-8-11-19-9-6-5-7-10-19;/h5-7,9-10,12,14,17H,4,8,11,13,15-16H2,1-3H3,(H,23,25);1H. The number of aliphatic imine (C=N–C) groups is 1. The molecule has 0 saturated heterocycles. The van der Waals surface area contributed by atoms with E-state index in [2.05, 4.69) is 67.4 Å². The zero-order valence-corrected chi connectivity index (χ0v) is 21.1. The van der Waals surface area contributed by atoms with E-state index < -0.39 is 0 Å². The molecule has 2 heterocycles. The third kappa shape index (κ3) is 7.39. The second-order valence-corrected chi connectivity index (χ2v) is 8.07. The molecule has 1 N–H and O–H groups in total. The highest BCUT2D eigenvalue weighted by molar-refractivity contribution is 14.0. The minimum Gasteiger partial charge on any atom is -0.357 e. The summed E-state index contributed by atoms with van der Waals surface area (Å²) < 4.78 is 2.21. The molecule has 0 spiro atoms. The number of benzene rings is 1. The molecule has 0 radical (unpaired) electrons. The van der Waals surface area contributed by atoms with Crippen molar-refractivity contribution in [3.63, 3.8) is 0 Å². The summed E-state index contributed by atoms with van der Waals surface area (Å²) in [6, 6.07) is 10.6. The molecule has 0 atom stereocenters. The smallest absolute Gasteiger partial charge is 0.194 e. The molecule has 0 saturated carbocycles. The summed E-state index contributed by atoms with van der Waals surface area (Å²) in [6.07, 6.45) is 6.06. The molecular formula is C22H31IN6S. The Morgan fingerprint density at radius 2 is 2.07 bits per heavy atom. The maximum Gasteiger partial charge on any atom is 0.194 e. The molecule has 3 aromatic rings. The zero-order valence-electron chi connectivity index (χ0n) is 17.9. The molecule has 0 aliphatic carbocycles. The second kappa shape index (κ2) is 12.7. The summed E-state index contributed by atoms with van der Waals surface area (Å²) in [5.41, 5.74) is 2.45. The molecule has 162 valence electrons. The van der Waals surface area contributed by atoms with Crippen LogP contribution in [0.15, 0.2) is 53.1 Å². The fourth-order valence-corrected chi connectivity index (χ4v) is 3.81. The number of aryl methyl sites for hydroxylation is 3. The van der Waals surface area contributed by atoms with Gasteiger partial charge in [-0.15, -0.1) is 35.3 Å². The van der Waals surface area contributed by atoms with Gasteiger partial charge in [-0.25, -0.2) is 15.0 Å². The molecule has 0 aliphatic heterocycles. The van der Waals surface area contributed by atoms with E-state index in [0.717, 1.165) is 55.0 Å². The normalized spacial score (nSPS) is 11.2. The first-order chi connectivity index (χ1) is 14.2. The Hall–Kier alpha value is -1.94. The van der Waals surface area contributed by atoms with Crippen LogP contribution in [0.3, 0.4) is 0 Å². The predicted octanol–water partition coefficient (Wildman–Crippen LogP) is 4.50. The van der Waals surface area contributed by atoms with E-state index in [0.29, 0.717) is 6.54 Å². The molecule has 3 rings (SSSR count). The van der Waals surface area contributed by atoms with Crippen LogP contribution in [0.25, 0.3) is 0 Å². The maximum atomic E-state index is 4.81. The Morgan fingerprint density at radius 1 is 1.27 bits per heavy atom. The molecule has 0 unspecified atom stereocenters. The van der Waals surface area contributed by atoms with Crippen LogP contribution in [-0.4, -0.2) is 39.0 Å². The molecule has 0 amide bonds. The quantitative estimate of drug-likeness (QED) is 0.248. The van der Waals surface area contributed by atoms with Crippen molar-refractivity contribution >= 4 is 41.3 Å². The molecule has 0 fully saturated rings. The van der Waals surface area contributed by atoms with Crippen molar-refractivity contribution in [1.82, 2.24) is 24.8 Å². The van der Waals surface area contributed by atoms with Gasteiger partial charge in [0.05, 0.1) is 17.2 Å². The number of hydrogen-bond donors (Lipinski definition) is 1. The molecule has 8 heteroatoms. The molecular weight excluding hydrogens is 507 g/mol. The van der Waals surface area contributed by atoms with Crippen LogP contribution in [0, 0.1) is 6.92 Å². The van der Waals surface area contributed by atoms with Gasteiger partial charge >= 0.3 is 0 Å². The van der Waals surface area contributed by atoms with Gasteiger partial charge in [0.2, 0.25) is 0 Å². The van der Waals surface area contributed by atoms with Crippen molar-refractivity contribution in [3.05, 3.63) is 70.2 Å². The third-order valence-corrected chi connectivity index (χ3v) is 5.46. The minimum absolute atomic E-state index is 0. The lowest BCUT2D eigenvalue weighted by atomic mass is 10.1. The second-order valence-electron chi connectivity index (χ2n) is 7.01. The Kier molecular flexibility index (Phi) is 10.3. The van der Waals surface area contributed by atoms with Crippen molar-refractivity contribution < 1.29 is 0 Å². The zero-order chi connectivity index (χ0) is 20.5. The number of nitrogens with one attached hydrogen (secondary N) is 1. The fraction of sp³-hybridized carbons (Fsp3) is 0.409. The average Bonchev–Trinajstić information content (AvgIpc) is 3.34. The van der Waals surface area contributed by atoms with Crippen molar-refractivity contribution in [3.8, 4) is 0 Å². The Balaban J connectivity index is 0.00000320. The summed E-state index contributed by atoms with van der Waals surface area (Å²) >= 11 is 1.68.